The van der Waals surface area contributed by atoms with Gasteiger partial charge in [-0.15, -0.1) is 11.1 Å². The summed E-state index contributed by atoms with van der Waals surface area (Å²) in [5.74, 6) is 1.07. The average Bonchev–Trinajstić information content (AvgIpc) is 2.23. The molecule has 0 N–H and O–H groups in total. The van der Waals surface area contributed by atoms with Crippen LogP contribution in [0.15, 0.2) is 12.1 Å². The van der Waals surface area contributed by atoms with Gasteiger partial charge < -0.3 is 21.7 Å². The van der Waals surface area contributed by atoms with E-state index in [2.05, 4.69) is 66.7 Å². The third-order valence-electron chi connectivity index (χ3n) is 3.01. The van der Waals surface area contributed by atoms with Gasteiger partial charge in [-0.05, 0) is 6.42 Å². The second kappa shape index (κ2) is 8.65. The van der Waals surface area contributed by atoms with Crippen LogP contribution in [0.25, 0.3) is 0 Å². The van der Waals surface area contributed by atoms with Crippen molar-refractivity contribution in [2.75, 3.05) is 6.61 Å². The quantitative estimate of drug-likeness (QED) is 0.592. The van der Waals surface area contributed by atoms with Crippen molar-refractivity contribution >= 4 is 23.1 Å². The molecule has 0 amide bonds. The Balaban J connectivity index is 0. The van der Waals surface area contributed by atoms with Crippen LogP contribution in [0, 0.1) is 6.07 Å². The van der Waals surface area contributed by atoms with E-state index < -0.39 is 0 Å². The number of ether oxygens (including phenoxy) is 1. The van der Waals surface area contributed by atoms with Crippen LogP contribution in [-0.4, -0.2) is 29.7 Å². The topological polar surface area (TPSA) is 9.23 Å². The molecule has 1 rings (SSSR count). The summed E-state index contributed by atoms with van der Waals surface area (Å²) in [4.78, 5) is 0. The largest absolute Gasteiger partial charge is 2.00 e. The van der Waals surface area contributed by atoms with Gasteiger partial charge in [-0.3, -0.25) is 0 Å². The van der Waals surface area contributed by atoms with E-state index >= 15 is 0 Å². The molecule has 110 valence electrons. The number of benzene rings is 1. The molecule has 3 heteroatoms. The molecule has 1 aromatic carbocycles. The van der Waals surface area contributed by atoms with Crippen molar-refractivity contribution in [3.05, 3.63) is 29.3 Å². The maximum absolute atomic E-state index is 6.05. The summed E-state index contributed by atoms with van der Waals surface area (Å²) in [6.45, 7) is 16.3. The first-order valence-electron chi connectivity index (χ1n) is 6.85. The molecule has 0 fully saturated rings. The van der Waals surface area contributed by atoms with Gasteiger partial charge in [0.2, 0.25) is 0 Å². The predicted octanol–water partition coefficient (Wildman–Crippen LogP) is 1.49. The van der Waals surface area contributed by atoms with Gasteiger partial charge in [0.1, 0.15) is 0 Å². The van der Waals surface area contributed by atoms with Crippen LogP contribution in [0.5, 0.6) is 5.75 Å². The molecule has 0 heterocycles. The maximum Gasteiger partial charge on any atom is 2.00 e. The fourth-order valence-corrected chi connectivity index (χ4v) is 1.96. The van der Waals surface area contributed by atoms with Crippen molar-refractivity contribution < 1.29 is 21.7 Å². The molecule has 0 unspecified atom stereocenters. The van der Waals surface area contributed by atoms with E-state index in [4.69, 9.17) is 4.74 Å². The van der Waals surface area contributed by atoms with E-state index in [1.807, 2.05) is 0 Å². The van der Waals surface area contributed by atoms with Gasteiger partial charge in [0, 0.05) is 5.75 Å². The molecular formula is C17H27BrMgO. The van der Waals surface area contributed by atoms with Gasteiger partial charge in [0.25, 0.3) is 0 Å². The molecule has 0 aliphatic carbocycles. The summed E-state index contributed by atoms with van der Waals surface area (Å²) >= 11 is 0. The Bertz CT molecular complexity index is 370. The molecule has 0 spiro atoms. The van der Waals surface area contributed by atoms with Gasteiger partial charge in [0.15, 0.2) is 0 Å². The second-order valence-corrected chi connectivity index (χ2v) is 6.96. The minimum atomic E-state index is 0. The third-order valence-corrected chi connectivity index (χ3v) is 3.01. The zero-order valence-corrected chi connectivity index (χ0v) is 17.1. The Morgan fingerprint density at radius 3 is 1.65 bits per heavy atom. The van der Waals surface area contributed by atoms with E-state index in [0.29, 0.717) is 0 Å². The molecule has 0 atom stereocenters. The number of hydrogen-bond acceptors (Lipinski definition) is 1. The molecule has 0 saturated carbocycles. The van der Waals surface area contributed by atoms with E-state index in [1.165, 1.54) is 11.1 Å². The number of halogens is 1. The van der Waals surface area contributed by atoms with E-state index in [9.17, 15) is 0 Å². The molecule has 1 aromatic rings. The first kappa shape index (κ1) is 22.5. The van der Waals surface area contributed by atoms with Crippen LogP contribution in [0.3, 0.4) is 0 Å². The average molecular weight is 352 g/mol. The van der Waals surface area contributed by atoms with Crippen LogP contribution in [0.2, 0.25) is 0 Å². The molecule has 0 saturated heterocycles. The van der Waals surface area contributed by atoms with Crippen LogP contribution in [-0.2, 0) is 10.8 Å². The number of hydrogen-bond donors (Lipinski definition) is 0. The van der Waals surface area contributed by atoms with E-state index in [-0.39, 0.29) is 50.9 Å². The third kappa shape index (κ3) is 5.94. The Kier molecular flexibility index (Phi) is 9.75. The monoisotopic (exact) mass is 350 g/mol. The van der Waals surface area contributed by atoms with Crippen molar-refractivity contribution in [2.24, 2.45) is 0 Å². The van der Waals surface area contributed by atoms with Crippen LogP contribution < -0.4 is 21.7 Å². The normalized spacial score (nSPS) is 11.3. The van der Waals surface area contributed by atoms with Crippen LogP contribution in [0.4, 0.5) is 0 Å². The molecule has 0 aliphatic rings. The van der Waals surface area contributed by atoms with Crippen LogP contribution >= 0.6 is 0 Å². The molecular weight excluding hydrogens is 324 g/mol. The van der Waals surface area contributed by atoms with Gasteiger partial charge in [-0.25, -0.2) is 0 Å². The van der Waals surface area contributed by atoms with Crippen LogP contribution in [0.1, 0.15) is 66.0 Å². The van der Waals surface area contributed by atoms with Crippen molar-refractivity contribution in [2.45, 2.75) is 65.7 Å². The summed E-state index contributed by atoms with van der Waals surface area (Å²) in [5, 5.41) is 0. The Morgan fingerprint density at radius 1 is 0.950 bits per heavy atom. The Labute approximate surface area is 151 Å². The van der Waals surface area contributed by atoms with E-state index in [1.54, 1.807) is 0 Å². The minimum Gasteiger partial charge on any atom is -1.00 e. The molecule has 0 aromatic heterocycles. The molecule has 0 radical (unpaired) electrons. The summed E-state index contributed by atoms with van der Waals surface area (Å²) in [7, 11) is 0. The minimum absolute atomic E-state index is 0. The second-order valence-electron chi connectivity index (χ2n) is 6.96. The number of rotatable bonds is 3. The Hall–Kier alpha value is 0.266. The molecule has 1 nitrogen and oxygen atoms in total. The molecule has 0 bridgehead atoms. The summed E-state index contributed by atoms with van der Waals surface area (Å²) in [5.41, 5.74) is 2.67. The summed E-state index contributed by atoms with van der Waals surface area (Å²) in [6, 6.07) is 7.42. The first-order chi connectivity index (χ1) is 8.18. The smallest absolute Gasteiger partial charge is 1.00 e. The standard InChI is InChI=1S/C17H27O.BrH.Mg/c1-8-12-18-15-13(16(2,3)4)10-9-11-14(15)17(5,6)7;;/h10-11H,8,12H2,1-7H3;1H;/q-1;;+2/p-1. The zero-order valence-electron chi connectivity index (χ0n) is 14.1. The van der Waals surface area contributed by atoms with Gasteiger partial charge in [-0.1, -0.05) is 59.3 Å². The summed E-state index contributed by atoms with van der Waals surface area (Å²) in [6.07, 6.45) is 1.03. The molecule has 0 aliphatic heterocycles. The molecule has 20 heavy (non-hydrogen) atoms. The maximum atomic E-state index is 6.05. The fourth-order valence-electron chi connectivity index (χ4n) is 1.96. The SMILES string of the molecule is CCCOc1c(C(C)(C)C)c[c-]cc1C(C)(C)C.[Br-].[Mg+2]. The van der Waals surface area contributed by atoms with Gasteiger partial charge in [0.05, 0.1) is 6.61 Å². The van der Waals surface area contributed by atoms with Gasteiger partial charge >= 0.3 is 23.1 Å². The van der Waals surface area contributed by atoms with Crippen molar-refractivity contribution in [3.8, 4) is 5.75 Å². The fraction of sp³-hybridized carbons (Fsp3) is 0.647. The van der Waals surface area contributed by atoms with Crippen molar-refractivity contribution in [1.29, 1.82) is 0 Å². The van der Waals surface area contributed by atoms with Gasteiger partial charge in [-0.2, -0.15) is 18.2 Å². The summed E-state index contributed by atoms with van der Waals surface area (Å²) < 4.78 is 6.05. The predicted molar refractivity (Wildman–Crippen MR) is 84.2 cm³/mol. The van der Waals surface area contributed by atoms with E-state index in [0.717, 1.165) is 18.8 Å². The van der Waals surface area contributed by atoms with Crippen molar-refractivity contribution in [3.63, 3.8) is 0 Å². The Morgan fingerprint density at radius 2 is 1.35 bits per heavy atom. The van der Waals surface area contributed by atoms with Crippen molar-refractivity contribution in [1.82, 2.24) is 0 Å². The first-order valence-corrected chi connectivity index (χ1v) is 6.85. The zero-order chi connectivity index (χ0) is 14.0.